The number of aromatic nitrogens is 3. The average Bonchev–Trinajstić information content (AvgIpc) is 3.28. The van der Waals surface area contributed by atoms with Gasteiger partial charge in [0.25, 0.3) is 5.56 Å². The molecule has 10 heteroatoms. The molecule has 0 amide bonds. The summed E-state index contributed by atoms with van der Waals surface area (Å²) in [6.07, 6.45) is 4.67. The largest absolute Gasteiger partial charge is 0.493 e. The fourth-order valence-electron chi connectivity index (χ4n) is 4.88. The minimum absolute atomic E-state index is 0. The Morgan fingerprint density at radius 1 is 1.03 bits per heavy atom. The fourth-order valence-corrected chi connectivity index (χ4v) is 4.88. The van der Waals surface area contributed by atoms with E-state index in [0.717, 1.165) is 37.4 Å². The van der Waals surface area contributed by atoms with E-state index in [2.05, 4.69) is 16.4 Å². The van der Waals surface area contributed by atoms with Crippen LogP contribution >= 0.6 is 24.8 Å². The molecule has 0 unspecified atom stereocenters. The molecule has 2 bridgehead atoms. The van der Waals surface area contributed by atoms with Gasteiger partial charge in [-0.05, 0) is 31.0 Å². The minimum atomic E-state index is 0. The van der Waals surface area contributed by atoms with Crippen molar-refractivity contribution in [2.24, 2.45) is 5.92 Å². The van der Waals surface area contributed by atoms with Crippen molar-refractivity contribution in [1.29, 1.82) is 0 Å². The third kappa shape index (κ3) is 4.18. The molecule has 1 N–H and O–H groups in total. The second kappa shape index (κ2) is 10.1. The molecule has 0 radical (unpaired) electrons. The lowest BCUT2D eigenvalue weighted by Crippen LogP contribution is -2.45. The zero-order valence-corrected chi connectivity index (χ0v) is 20.4. The van der Waals surface area contributed by atoms with Gasteiger partial charge in [-0.25, -0.2) is 4.98 Å². The molecule has 178 valence electrons. The van der Waals surface area contributed by atoms with E-state index >= 15 is 0 Å². The third-order valence-electron chi connectivity index (χ3n) is 6.32. The van der Waals surface area contributed by atoms with Crippen molar-refractivity contribution in [2.75, 3.05) is 34.4 Å². The molecule has 2 aromatic heterocycles. The summed E-state index contributed by atoms with van der Waals surface area (Å²) in [6.45, 7) is 2.64. The maximum atomic E-state index is 13.5. The highest BCUT2D eigenvalue weighted by atomic mass is 35.5. The SMILES string of the molecule is COc1cc(-n2ccnc2-c2ccc3n(c2=O)C[C@@H]2CNC[C@H]3C2)cc(OC)c1OC.Cl.Cl. The number of methoxy groups -OCH3 is 3. The molecule has 0 saturated carbocycles. The van der Waals surface area contributed by atoms with E-state index in [4.69, 9.17) is 14.2 Å². The van der Waals surface area contributed by atoms with Crippen LogP contribution in [0.25, 0.3) is 17.1 Å². The molecule has 0 spiro atoms. The number of ether oxygens (including phenoxy) is 3. The van der Waals surface area contributed by atoms with Gasteiger partial charge in [0, 0.05) is 49.2 Å². The van der Waals surface area contributed by atoms with Crippen molar-refractivity contribution in [1.82, 2.24) is 19.4 Å². The first-order valence-corrected chi connectivity index (χ1v) is 10.4. The summed E-state index contributed by atoms with van der Waals surface area (Å²) >= 11 is 0. The molecular weight excluding hydrogens is 467 g/mol. The van der Waals surface area contributed by atoms with Crippen LogP contribution in [0.5, 0.6) is 17.2 Å². The molecule has 1 fully saturated rings. The Kier molecular flexibility index (Phi) is 7.62. The van der Waals surface area contributed by atoms with E-state index in [9.17, 15) is 4.79 Å². The predicted octanol–water partition coefficient (Wildman–Crippen LogP) is 3.28. The highest BCUT2D eigenvalue weighted by Crippen LogP contribution is 2.40. The van der Waals surface area contributed by atoms with Crippen molar-refractivity contribution in [3.05, 3.63) is 52.7 Å². The van der Waals surface area contributed by atoms with Gasteiger partial charge in [0.1, 0.15) is 5.82 Å². The number of hydrogen-bond donors (Lipinski definition) is 1. The topological polar surface area (TPSA) is 79.5 Å². The fraction of sp³-hybridized carbons (Fsp3) is 0.391. The smallest absolute Gasteiger partial charge is 0.261 e. The van der Waals surface area contributed by atoms with Crippen molar-refractivity contribution in [3.8, 4) is 34.3 Å². The summed E-state index contributed by atoms with van der Waals surface area (Å²) in [4.78, 5) is 18.0. The Hall–Kier alpha value is -2.68. The predicted molar refractivity (Wildman–Crippen MR) is 131 cm³/mol. The molecule has 1 aromatic carbocycles. The van der Waals surface area contributed by atoms with Gasteiger partial charge in [-0.2, -0.15) is 0 Å². The van der Waals surface area contributed by atoms with Gasteiger partial charge in [-0.15, -0.1) is 24.8 Å². The number of fused-ring (bicyclic) bond motifs is 4. The van der Waals surface area contributed by atoms with Gasteiger partial charge in [0.2, 0.25) is 5.75 Å². The van der Waals surface area contributed by atoms with Crippen molar-refractivity contribution in [3.63, 3.8) is 0 Å². The second-order valence-corrected chi connectivity index (χ2v) is 8.05. The van der Waals surface area contributed by atoms with Crippen molar-refractivity contribution >= 4 is 24.8 Å². The summed E-state index contributed by atoms with van der Waals surface area (Å²) in [5.74, 6) is 3.07. The average molecular weight is 495 g/mol. The molecule has 3 aromatic rings. The zero-order valence-electron chi connectivity index (χ0n) is 18.7. The monoisotopic (exact) mass is 494 g/mol. The maximum absolute atomic E-state index is 13.5. The van der Waals surface area contributed by atoms with Gasteiger partial charge in [0.15, 0.2) is 11.5 Å². The second-order valence-electron chi connectivity index (χ2n) is 8.05. The van der Waals surface area contributed by atoms with E-state index in [0.29, 0.717) is 40.5 Å². The quantitative estimate of drug-likeness (QED) is 0.586. The summed E-state index contributed by atoms with van der Waals surface area (Å²) in [7, 11) is 4.73. The number of piperidine rings is 1. The van der Waals surface area contributed by atoms with E-state index in [1.807, 2.05) is 33.5 Å². The molecule has 2 atom stereocenters. The van der Waals surface area contributed by atoms with Crippen molar-refractivity contribution < 1.29 is 14.2 Å². The maximum Gasteiger partial charge on any atom is 0.261 e. The molecule has 2 aliphatic heterocycles. The summed E-state index contributed by atoms with van der Waals surface area (Å²) in [5, 5.41) is 3.49. The Morgan fingerprint density at radius 2 is 1.76 bits per heavy atom. The normalized spacial score (nSPS) is 18.4. The molecule has 5 rings (SSSR count). The lowest BCUT2D eigenvalue weighted by Gasteiger charge is -2.37. The molecule has 1 saturated heterocycles. The number of hydrogen-bond acceptors (Lipinski definition) is 6. The lowest BCUT2D eigenvalue weighted by molar-refractivity contribution is 0.257. The highest BCUT2D eigenvalue weighted by molar-refractivity contribution is 5.85. The van der Waals surface area contributed by atoms with E-state index in [1.54, 1.807) is 27.5 Å². The van der Waals surface area contributed by atoms with Crippen LogP contribution in [0.15, 0.2) is 41.5 Å². The zero-order chi connectivity index (χ0) is 21.5. The van der Waals surface area contributed by atoms with Crippen LogP contribution in [0.4, 0.5) is 0 Å². The molecular formula is C23H28Cl2N4O4. The van der Waals surface area contributed by atoms with Crippen LogP contribution in [0.1, 0.15) is 18.0 Å². The molecule has 8 nitrogen and oxygen atoms in total. The van der Waals surface area contributed by atoms with E-state index in [1.165, 1.54) is 0 Å². The van der Waals surface area contributed by atoms with Gasteiger partial charge < -0.3 is 24.1 Å². The first-order valence-electron chi connectivity index (χ1n) is 10.4. The van der Waals surface area contributed by atoms with Gasteiger partial charge >= 0.3 is 0 Å². The van der Waals surface area contributed by atoms with Crippen LogP contribution in [-0.4, -0.2) is 48.5 Å². The Morgan fingerprint density at radius 3 is 2.42 bits per heavy atom. The molecule has 0 aliphatic carbocycles. The van der Waals surface area contributed by atoms with Gasteiger partial charge in [0.05, 0.1) is 32.6 Å². The number of halogens is 2. The standard InChI is InChI=1S/C23H26N4O4.2ClH/c1-29-19-9-16(10-20(30-2)21(19)31-3)26-7-6-25-22(26)17-4-5-18-15-8-14(11-24-12-15)13-27(18)23(17)28;;/h4-7,9-10,14-15,24H,8,11-13H2,1-3H3;2*1H/t14-,15+;;/m0../s1. The summed E-state index contributed by atoms with van der Waals surface area (Å²) in [5.41, 5.74) is 2.47. The van der Waals surface area contributed by atoms with E-state index < -0.39 is 0 Å². The highest BCUT2D eigenvalue weighted by Gasteiger charge is 2.31. The molecule has 33 heavy (non-hydrogen) atoms. The number of nitrogens with one attached hydrogen (secondary N) is 1. The Bertz CT molecular complexity index is 1170. The Labute approximate surface area is 204 Å². The van der Waals surface area contributed by atoms with Crippen LogP contribution in [0.2, 0.25) is 0 Å². The van der Waals surface area contributed by atoms with Crippen LogP contribution < -0.4 is 25.1 Å². The number of benzene rings is 1. The molecule has 2 aliphatic rings. The third-order valence-corrected chi connectivity index (χ3v) is 6.32. The van der Waals surface area contributed by atoms with Gasteiger partial charge in [-0.1, -0.05) is 0 Å². The van der Waals surface area contributed by atoms with Gasteiger partial charge in [-0.3, -0.25) is 9.36 Å². The summed E-state index contributed by atoms with van der Waals surface area (Å²) in [6, 6.07) is 7.68. The number of rotatable bonds is 5. The number of nitrogens with zero attached hydrogens (tertiary/aromatic N) is 3. The Balaban J connectivity index is 0.00000153. The first-order chi connectivity index (χ1) is 15.1. The number of imidazole rings is 1. The lowest BCUT2D eigenvalue weighted by atomic mass is 9.84. The van der Waals surface area contributed by atoms with Crippen LogP contribution in [-0.2, 0) is 6.54 Å². The van der Waals surface area contributed by atoms with Crippen LogP contribution in [0, 0.1) is 5.92 Å². The number of pyridine rings is 1. The van der Waals surface area contributed by atoms with Crippen LogP contribution in [0.3, 0.4) is 0 Å². The molecule has 4 heterocycles. The van der Waals surface area contributed by atoms with Crippen molar-refractivity contribution in [2.45, 2.75) is 18.9 Å². The summed E-state index contributed by atoms with van der Waals surface area (Å²) < 4.78 is 20.2. The minimum Gasteiger partial charge on any atom is -0.493 e. The first kappa shape index (κ1) is 25.0. The van der Waals surface area contributed by atoms with E-state index in [-0.39, 0.29) is 30.4 Å².